The van der Waals surface area contributed by atoms with Crippen molar-refractivity contribution in [1.29, 1.82) is 0 Å². The molecule has 2 amide bonds. The second-order valence-electron chi connectivity index (χ2n) is 9.49. The van der Waals surface area contributed by atoms with Gasteiger partial charge in [-0.1, -0.05) is 43.7 Å². The van der Waals surface area contributed by atoms with Crippen LogP contribution in [0.15, 0.2) is 48.5 Å². The first-order valence-corrected chi connectivity index (χ1v) is 11.9. The Hall–Kier alpha value is -2.87. The Morgan fingerprint density at radius 3 is 2.40 bits per heavy atom. The van der Waals surface area contributed by atoms with E-state index in [1.165, 1.54) is 12.1 Å². The summed E-state index contributed by atoms with van der Waals surface area (Å²) in [6, 6.07) is 12.2. The minimum atomic E-state index is -4.45. The maximum atomic E-state index is 13.0. The molecule has 0 unspecified atom stereocenters. The second kappa shape index (κ2) is 11.7. The first-order chi connectivity index (χ1) is 16.5. The van der Waals surface area contributed by atoms with Crippen molar-refractivity contribution in [3.05, 3.63) is 70.8 Å². The van der Waals surface area contributed by atoms with Crippen molar-refractivity contribution in [2.24, 2.45) is 5.92 Å². The van der Waals surface area contributed by atoms with Crippen molar-refractivity contribution in [3.8, 4) is 0 Å². The van der Waals surface area contributed by atoms with E-state index in [4.69, 9.17) is 4.74 Å². The Morgan fingerprint density at radius 1 is 1.06 bits per heavy atom. The highest BCUT2D eigenvalue weighted by Crippen LogP contribution is 2.29. The van der Waals surface area contributed by atoms with Gasteiger partial charge in [0.1, 0.15) is 0 Å². The lowest BCUT2D eigenvalue weighted by Crippen LogP contribution is -2.45. The van der Waals surface area contributed by atoms with Gasteiger partial charge in [-0.25, -0.2) is 0 Å². The van der Waals surface area contributed by atoms with Crippen molar-refractivity contribution in [3.63, 3.8) is 0 Å². The van der Waals surface area contributed by atoms with Crippen LogP contribution >= 0.6 is 0 Å². The zero-order valence-corrected chi connectivity index (χ0v) is 20.5. The van der Waals surface area contributed by atoms with E-state index < -0.39 is 11.7 Å². The summed E-state index contributed by atoms with van der Waals surface area (Å²) in [5, 5.41) is 0. The second-order valence-corrected chi connectivity index (χ2v) is 9.49. The van der Waals surface area contributed by atoms with Gasteiger partial charge >= 0.3 is 6.18 Å². The van der Waals surface area contributed by atoms with E-state index >= 15 is 0 Å². The van der Waals surface area contributed by atoms with Gasteiger partial charge in [0.05, 0.1) is 24.8 Å². The van der Waals surface area contributed by atoms with Crippen molar-refractivity contribution in [2.75, 3.05) is 26.2 Å². The Labute approximate surface area is 204 Å². The molecule has 1 heterocycles. The number of nitrogens with zero attached hydrogens (tertiary/aromatic N) is 2. The van der Waals surface area contributed by atoms with Crippen LogP contribution in [0.4, 0.5) is 13.2 Å². The highest BCUT2D eigenvalue weighted by Gasteiger charge is 2.32. The predicted octanol–water partition coefficient (Wildman–Crippen LogP) is 5.32. The van der Waals surface area contributed by atoms with Crippen molar-refractivity contribution >= 4 is 11.8 Å². The zero-order chi connectivity index (χ0) is 25.6. The predicted molar refractivity (Wildman–Crippen MR) is 128 cm³/mol. The fourth-order valence-electron chi connectivity index (χ4n) is 4.36. The minimum absolute atomic E-state index is 0.0440. The molecule has 0 N–H and O–H groups in total. The van der Waals surface area contributed by atoms with Gasteiger partial charge in [0.15, 0.2) is 0 Å². The lowest BCUT2D eigenvalue weighted by molar-refractivity contribution is -0.137. The molecule has 1 fully saturated rings. The first-order valence-electron chi connectivity index (χ1n) is 11.9. The molecule has 5 nitrogen and oxygen atoms in total. The van der Waals surface area contributed by atoms with Crippen LogP contribution in [-0.2, 0) is 22.3 Å². The summed E-state index contributed by atoms with van der Waals surface area (Å²) >= 11 is 0. The minimum Gasteiger partial charge on any atom is -0.375 e. The molecule has 0 saturated carbocycles. The van der Waals surface area contributed by atoms with E-state index in [0.29, 0.717) is 32.2 Å². The van der Waals surface area contributed by atoms with Gasteiger partial charge in [-0.3, -0.25) is 9.59 Å². The molecule has 1 atom stereocenters. The lowest BCUT2D eigenvalue weighted by atomic mass is 10.0. The number of halogens is 3. The molecule has 0 radical (unpaired) electrons. The van der Waals surface area contributed by atoms with E-state index in [9.17, 15) is 22.8 Å². The van der Waals surface area contributed by atoms with Gasteiger partial charge in [-0.15, -0.1) is 0 Å². The summed E-state index contributed by atoms with van der Waals surface area (Å²) < 4.78 is 44.5. The Kier molecular flexibility index (Phi) is 8.94. The number of carbonyl (C=O) groups is 2. The maximum Gasteiger partial charge on any atom is 0.416 e. The summed E-state index contributed by atoms with van der Waals surface area (Å²) in [6.45, 7) is 7.97. The summed E-state index contributed by atoms with van der Waals surface area (Å²) in [4.78, 5) is 29.2. The van der Waals surface area contributed by atoms with Gasteiger partial charge in [-0.05, 0) is 49.1 Å². The topological polar surface area (TPSA) is 49.9 Å². The molecule has 0 aliphatic carbocycles. The van der Waals surface area contributed by atoms with Crippen LogP contribution in [0.25, 0.3) is 0 Å². The monoisotopic (exact) mass is 490 g/mol. The average molecular weight is 491 g/mol. The van der Waals surface area contributed by atoms with Crippen molar-refractivity contribution < 1.29 is 27.5 Å². The molecular formula is C27H33F3N2O3. The standard InChI is InChI=1S/C27H33F3N2O3/c1-19(2)15-24(18-35-17-21-6-4-5-20(3)16-21)32-14-13-31(12-11-25(32)33)26(34)22-7-9-23(10-8-22)27(28,29)30/h4-10,16,19,24H,11-15,17-18H2,1-3H3/t24-/m0/s1. The number of benzene rings is 2. The van der Waals surface area contributed by atoms with Crippen LogP contribution in [0, 0.1) is 12.8 Å². The molecule has 35 heavy (non-hydrogen) atoms. The first kappa shape index (κ1) is 26.7. The fraction of sp³-hybridized carbons (Fsp3) is 0.481. The van der Waals surface area contributed by atoms with Gasteiger partial charge in [0, 0.05) is 31.6 Å². The molecule has 0 bridgehead atoms. The molecule has 2 aromatic rings. The van der Waals surface area contributed by atoms with Crippen LogP contribution in [0.2, 0.25) is 0 Å². The lowest BCUT2D eigenvalue weighted by Gasteiger charge is -2.32. The largest absolute Gasteiger partial charge is 0.416 e. The molecule has 1 aliphatic heterocycles. The van der Waals surface area contributed by atoms with Crippen molar-refractivity contribution in [1.82, 2.24) is 9.80 Å². The molecule has 8 heteroatoms. The van der Waals surface area contributed by atoms with E-state index in [1.807, 2.05) is 25.1 Å². The van der Waals surface area contributed by atoms with Gasteiger partial charge in [0.25, 0.3) is 5.91 Å². The number of hydrogen-bond donors (Lipinski definition) is 0. The zero-order valence-electron chi connectivity index (χ0n) is 20.5. The number of aryl methyl sites for hydroxylation is 1. The Bertz CT molecular complexity index is 1010. The fourth-order valence-corrected chi connectivity index (χ4v) is 4.36. The highest BCUT2D eigenvalue weighted by atomic mass is 19.4. The molecule has 1 saturated heterocycles. The van der Waals surface area contributed by atoms with Crippen LogP contribution in [-0.4, -0.2) is 53.9 Å². The van der Waals surface area contributed by atoms with Gasteiger partial charge in [-0.2, -0.15) is 13.2 Å². The van der Waals surface area contributed by atoms with E-state index in [2.05, 4.69) is 19.9 Å². The van der Waals surface area contributed by atoms with E-state index in [0.717, 1.165) is 29.7 Å². The molecule has 3 rings (SSSR count). The molecule has 0 aromatic heterocycles. The SMILES string of the molecule is Cc1cccc(COC[C@H](CC(C)C)N2CCN(C(=O)c3ccc(C(F)(F)F)cc3)CCC2=O)c1. The van der Waals surface area contributed by atoms with Crippen LogP contribution in [0.5, 0.6) is 0 Å². The van der Waals surface area contributed by atoms with Crippen LogP contribution < -0.4 is 0 Å². The third-order valence-corrected chi connectivity index (χ3v) is 6.12. The average Bonchev–Trinajstić information content (AvgIpc) is 2.99. The normalized spacial score (nSPS) is 15.9. The molecular weight excluding hydrogens is 457 g/mol. The van der Waals surface area contributed by atoms with E-state index in [-0.39, 0.29) is 36.4 Å². The number of rotatable bonds is 8. The number of hydrogen-bond acceptors (Lipinski definition) is 3. The Balaban J connectivity index is 1.64. The van der Waals surface area contributed by atoms with E-state index in [1.54, 1.807) is 9.80 Å². The molecule has 190 valence electrons. The summed E-state index contributed by atoms with van der Waals surface area (Å²) in [7, 11) is 0. The van der Waals surface area contributed by atoms with Crippen LogP contribution in [0.3, 0.4) is 0 Å². The molecule has 1 aliphatic rings. The summed E-state index contributed by atoms with van der Waals surface area (Å²) in [5.74, 6) is -0.0643. The number of amides is 2. The summed E-state index contributed by atoms with van der Waals surface area (Å²) in [5.41, 5.74) is 1.61. The van der Waals surface area contributed by atoms with Gasteiger partial charge in [0.2, 0.25) is 5.91 Å². The summed E-state index contributed by atoms with van der Waals surface area (Å²) in [6.07, 6.45) is -3.52. The van der Waals surface area contributed by atoms with Gasteiger partial charge < -0.3 is 14.5 Å². The molecule has 2 aromatic carbocycles. The van der Waals surface area contributed by atoms with Crippen LogP contribution in [0.1, 0.15) is 53.7 Å². The maximum absolute atomic E-state index is 13.0. The Morgan fingerprint density at radius 2 is 1.77 bits per heavy atom. The third kappa shape index (κ3) is 7.56. The van der Waals surface area contributed by atoms with Crippen molar-refractivity contribution in [2.45, 2.75) is 52.4 Å². The quantitative estimate of drug-likeness (QED) is 0.503. The highest BCUT2D eigenvalue weighted by molar-refractivity contribution is 5.94. The smallest absolute Gasteiger partial charge is 0.375 e. The number of ether oxygens (including phenoxy) is 1. The third-order valence-electron chi connectivity index (χ3n) is 6.12. The number of alkyl halides is 3. The number of carbonyl (C=O) groups excluding carboxylic acids is 2. The molecule has 0 spiro atoms.